The van der Waals surface area contributed by atoms with Gasteiger partial charge in [0.15, 0.2) is 0 Å². The predicted molar refractivity (Wildman–Crippen MR) is 75.4 cm³/mol. The lowest BCUT2D eigenvalue weighted by Gasteiger charge is -2.13. The van der Waals surface area contributed by atoms with Gasteiger partial charge < -0.3 is 9.84 Å². The fraction of sp³-hybridized carbons (Fsp3) is 0.0769. The van der Waals surface area contributed by atoms with Crippen molar-refractivity contribution in [3.8, 4) is 11.6 Å². The van der Waals surface area contributed by atoms with Gasteiger partial charge in [0, 0.05) is 9.77 Å². The van der Waals surface area contributed by atoms with E-state index in [0.717, 1.165) is 18.3 Å². The number of nitrogens with zero attached hydrogens (tertiary/aromatic N) is 1. The highest BCUT2D eigenvalue weighted by atomic mass is 127. The maximum atomic E-state index is 12.8. The monoisotopic (exact) mass is 409 g/mol. The lowest BCUT2D eigenvalue weighted by Crippen LogP contribution is -2.09. The van der Waals surface area contributed by atoms with Gasteiger partial charge in [-0.05, 0) is 52.9 Å². The number of aromatic nitrogens is 1. The second-order valence-corrected chi connectivity index (χ2v) is 5.15. The van der Waals surface area contributed by atoms with Crippen LogP contribution in [0.5, 0.6) is 11.6 Å². The molecule has 1 aromatic carbocycles. The number of carboxylic acids is 1. The van der Waals surface area contributed by atoms with E-state index in [1.807, 2.05) is 22.6 Å². The standard InChI is InChI=1S/C13H7F3INO3/c14-13(15,16)9-2-1-5-18-11(9)21-10-4-3-7(17)6-8(10)12(19)20/h1-6H,(H,19,20). The van der Waals surface area contributed by atoms with E-state index in [1.165, 1.54) is 18.2 Å². The zero-order chi connectivity index (χ0) is 15.6. The maximum Gasteiger partial charge on any atom is 0.421 e. The number of benzene rings is 1. The highest BCUT2D eigenvalue weighted by Gasteiger charge is 2.35. The van der Waals surface area contributed by atoms with Gasteiger partial charge in [-0.1, -0.05) is 0 Å². The number of alkyl halides is 3. The maximum absolute atomic E-state index is 12.8. The minimum Gasteiger partial charge on any atom is -0.478 e. The summed E-state index contributed by atoms with van der Waals surface area (Å²) >= 11 is 1.89. The topological polar surface area (TPSA) is 59.4 Å². The van der Waals surface area contributed by atoms with Crippen LogP contribution in [-0.2, 0) is 6.18 Å². The van der Waals surface area contributed by atoms with Crippen molar-refractivity contribution in [3.05, 3.63) is 51.2 Å². The summed E-state index contributed by atoms with van der Waals surface area (Å²) in [6.07, 6.45) is -3.51. The quantitative estimate of drug-likeness (QED) is 0.773. The van der Waals surface area contributed by atoms with Crippen molar-refractivity contribution in [2.24, 2.45) is 0 Å². The Balaban J connectivity index is 2.47. The Morgan fingerprint density at radius 1 is 1.29 bits per heavy atom. The van der Waals surface area contributed by atoms with E-state index < -0.39 is 23.6 Å². The summed E-state index contributed by atoms with van der Waals surface area (Å²) in [5.41, 5.74) is -1.31. The van der Waals surface area contributed by atoms with Crippen molar-refractivity contribution in [2.75, 3.05) is 0 Å². The van der Waals surface area contributed by atoms with Crippen molar-refractivity contribution in [1.82, 2.24) is 4.98 Å². The van der Waals surface area contributed by atoms with Crippen molar-refractivity contribution < 1.29 is 27.8 Å². The molecule has 0 saturated carbocycles. The lowest BCUT2D eigenvalue weighted by atomic mass is 10.2. The van der Waals surface area contributed by atoms with Gasteiger partial charge in [0.2, 0.25) is 5.88 Å². The Morgan fingerprint density at radius 3 is 2.62 bits per heavy atom. The van der Waals surface area contributed by atoms with Crippen LogP contribution in [-0.4, -0.2) is 16.1 Å². The Morgan fingerprint density at radius 2 is 2.00 bits per heavy atom. The third kappa shape index (κ3) is 3.63. The highest BCUT2D eigenvalue weighted by Crippen LogP contribution is 2.37. The van der Waals surface area contributed by atoms with Gasteiger partial charge in [0.1, 0.15) is 16.9 Å². The Hall–Kier alpha value is -1.84. The van der Waals surface area contributed by atoms with Gasteiger partial charge in [-0.2, -0.15) is 13.2 Å². The Bertz CT molecular complexity index is 689. The van der Waals surface area contributed by atoms with Crippen LogP contribution in [0.2, 0.25) is 0 Å². The third-order valence-electron chi connectivity index (χ3n) is 2.46. The number of carboxylic acid groups (broad SMARTS) is 1. The summed E-state index contributed by atoms with van der Waals surface area (Å²) < 4.78 is 44.2. The normalized spacial score (nSPS) is 11.2. The molecule has 0 radical (unpaired) electrons. The average molecular weight is 409 g/mol. The second-order valence-electron chi connectivity index (χ2n) is 3.90. The van der Waals surface area contributed by atoms with Crippen LogP contribution < -0.4 is 4.74 Å². The predicted octanol–water partition coefficient (Wildman–Crippen LogP) is 4.20. The molecule has 0 aliphatic heterocycles. The van der Waals surface area contributed by atoms with E-state index in [9.17, 15) is 18.0 Å². The van der Waals surface area contributed by atoms with Crippen LogP contribution >= 0.6 is 22.6 Å². The molecule has 0 amide bonds. The van der Waals surface area contributed by atoms with E-state index in [0.29, 0.717) is 3.57 Å². The molecule has 0 bridgehead atoms. The summed E-state index contributed by atoms with van der Waals surface area (Å²) in [5.74, 6) is -2.19. The van der Waals surface area contributed by atoms with Crippen molar-refractivity contribution in [2.45, 2.75) is 6.18 Å². The molecule has 8 heteroatoms. The molecule has 0 aliphatic rings. The molecule has 0 fully saturated rings. The minimum absolute atomic E-state index is 0.202. The first-order valence-electron chi connectivity index (χ1n) is 5.52. The molecule has 4 nitrogen and oxygen atoms in total. The Kier molecular flexibility index (Phi) is 4.35. The number of rotatable bonds is 3. The number of hydrogen-bond donors (Lipinski definition) is 1. The molecule has 1 N–H and O–H groups in total. The lowest BCUT2D eigenvalue weighted by molar-refractivity contribution is -0.138. The summed E-state index contributed by atoms with van der Waals surface area (Å²) in [6.45, 7) is 0. The van der Waals surface area contributed by atoms with Gasteiger partial charge in [0.05, 0.1) is 0 Å². The minimum atomic E-state index is -4.64. The largest absolute Gasteiger partial charge is 0.478 e. The summed E-state index contributed by atoms with van der Waals surface area (Å²) in [6, 6.07) is 6.06. The first-order chi connectivity index (χ1) is 9.79. The number of ether oxygens (including phenoxy) is 1. The van der Waals surface area contributed by atoms with Gasteiger partial charge in [-0.3, -0.25) is 0 Å². The molecule has 2 rings (SSSR count). The van der Waals surface area contributed by atoms with E-state index in [2.05, 4.69) is 4.98 Å². The fourth-order valence-electron chi connectivity index (χ4n) is 1.55. The summed E-state index contributed by atoms with van der Waals surface area (Å²) in [4.78, 5) is 14.6. The van der Waals surface area contributed by atoms with Crippen LogP contribution in [0.1, 0.15) is 15.9 Å². The molecular weight excluding hydrogens is 402 g/mol. The van der Waals surface area contributed by atoms with Crippen LogP contribution in [0.15, 0.2) is 36.5 Å². The molecule has 0 saturated heterocycles. The highest BCUT2D eigenvalue weighted by molar-refractivity contribution is 14.1. The second kappa shape index (κ2) is 5.88. The van der Waals surface area contributed by atoms with E-state index in [4.69, 9.17) is 9.84 Å². The summed E-state index contributed by atoms with van der Waals surface area (Å²) in [5, 5.41) is 9.07. The van der Waals surface area contributed by atoms with Gasteiger partial charge >= 0.3 is 12.1 Å². The molecule has 1 heterocycles. The zero-order valence-electron chi connectivity index (χ0n) is 10.2. The van der Waals surface area contributed by atoms with Crippen molar-refractivity contribution in [1.29, 1.82) is 0 Å². The molecule has 1 aromatic heterocycles. The molecule has 0 atom stereocenters. The average Bonchev–Trinajstić information content (AvgIpc) is 2.40. The molecule has 0 spiro atoms. The SMILES string of the molecule is O=C(O)c1cc(I)ccc1Oc1ncccc1C(F)(F)F. The zero-order valence-corrected chi connectivity index (χ0v) is 12.3. The number of carbonyl (C=O) groups is 1. The van der Waals surface area contributed by atoms with Crippen molar-refractivity contribution >= 4 is 28.6 Å². The molecular formula is C13H7F3INO3. The van der Waals surface area contributed by atoms with Gasteiger partial charge in [-0.25, -0.2) is 9.78 Å². The van der Waals surface area contributed by atoms with E-state index >= 15 is 0 Å². The third-order valence-corrected chi connectivity index (χ3v) is 3.13. The first kappa shape index (κ1) is 15.5. The number of aromatic carboxylic acids is 1. The van der Waals surface area contributed by atoms with Gasteiger partial charge in [-0.15, -0.1) is 0 Å². The molecule has 0 aliphatic carbocycles. The smallest absolute Gasteiger partial charge is 0.421 e. The number of halogens is 4. The van der Waals surface area contributed by atoms with E-state index in [1.54, 1.807) is 0 Å². The summed E-state index contributed by atoms with van der Waals surface area (Å²) in [7, 11) is 0. The number of hydrogen-bond acceptors (Lipinski definition) is 3. The Labute approximate surface area is 130 Å². The number of pyridine rings is 1. The van der Waals surface area contributed by atoms with E-state index in [-0.39, 0.29) is 11.3 Å². The molecule has 2 aromatic rings. The molecule has 110 valence electrons. The van der Waals surface area contributed by atoms with Crippen LogP contribution in [0.4, 0.5) is 13.2 Å². The fourth-order valence-corrected chi connectivity index (χ4v) is 2.04. The molecule has 21 heavy (non-hydrogen) atoms. The van der Waals surface area contributed by atoms with Crippen LogP contribution in [0.3, 0.4) is 0 Å². The van der Waals surface area contributed by atoms with Gasteiger partial charge in [0.25, 0.3) is 0 Å². The first-order valence-corrected chi connectivity index (χ1v) is 6.60. The van der Waals surface area contributed by atoms with Crippen molar-refractivity contribution in [3.63, 3.8) is 0 Å². The van der Waals surface area contributed by atoms with Crippen LogP contribution in [0, 0.1) is 3.57 Å². The molecule has 0 unspecified atom stereocenters. The van der Waals surface area contributed by atoms with Crippen LogP contribution in [0.25, 0.3) is 0 Å².